The summed E-state index contributed by atoms with van der Waals surface area (Å²) in [6.07, 6.45) is 4.60. The van der Waals surface area contributed by atoms with Gasteiger partial charge in [-0.05, 0) is 49.4 Å². The molecule has 1 heterocycles. The van der Waals surface area contributed by atoms with Gasteiger partial charge in [-0.25, -0.2) is 0 Å². The molecule has 3 nitrogen and oxygen atoms in total. The number of hydrogen-bond donors (Lipinski definition) is 2. The van der Waals surface area contributed by atoms with Crippen molar-refractivity contribution >= 4 is 23.3 Å². The van der Waals surface area contributed by atoms with E-state index in [1.807, 2.05) is 0 Å². The van der Waals surface area contributed by atoms with Gasteiger partial charge < -0.3 is 15.0 Å². The van der Waals surface area contributed by atoms with Gasteiger partial charge in [-0.3, -0.25) is 0 Å². The first-order valence-electron chi connectivity index (χ1n) is 12.3. The molecule has 1 atom stereocenters. The Bertz CT molecular complexity index is 1230. The first-order chi connectivity index (χ1) is 16.1. The van der Waals surface area contributed by atoms with Crippen LogP contribution in [0.1, 0.15) is 36.8 Å². The van der Waals surface area contributed by atoms with Gasteiger partial charge in [0.25, 0.3) is 0 Å². The summed E-state index contributed by atoms with van der Waals surface area (Å²) in [5, 5.41) is 16.0. The molecule has 1 saturated carbocycles. The van der Waals surface area contributed by atoms with Crippen LogP contribution >= 0.6 is 12.4 Å². The van der Waals surface area contributed by atoms with Crippen molar-refractivity contribution < 1.29 is 5.11 Å². The second-order valence-corrected chi connectivity index (χ2v) is 9.59. The summed E-state index contributed by atoms with van der Waals surface area (Å²) < 4.78 is 2.36. The first kappa shape index (κ1) is 24.5. The van der Waals surface area contributed by atoms with Crippen LogP contribution in [0.3, 0.4) is 0 Å². The molecular weight excluding hydrogens is 440 g/mol. The molecule has 34 heavy (non-hydrogen) atoms. The monoisotopic (exact) mass is 474 g/mol. The minimum Gasteiger partial charge on any atom is -0.390 e. The smallest absolute Gasteiger partial charge is 0.0843 e. The van der Waals surface area contributed by atoms with E-state index >= 15 is 0 Å². The molecule has 1 aliphatic carbocycles. The second kappa shape index (κ2) is 10.8. The predicted octanol–water partition coefficient (Wildman–Crippen LogP) is 6.91. The summed E-state index contributed by atoms with van der Waals surface area (Å²) in [5.74, 6) is 0. The number of aliphatic hydroxyl groups is 1. The van der Waals surface area contributed by atoms with Gasteiger partial charge in [-0.1, -0.05) is 85.1 Å². The van der Waals surface area contributed by atoms with Gasteiger partial charge in [0.15, 0.2) is 0 Å². The molecule has 3 aromatic carbocycles. The lowest BCUT2D eigenvalue weighted by atomic mass is 9.97. The van der Waals surface area contributed by atoms with Crippen LogP contribution in [0.5, 0.6) is 0 Å². The molecule has 1 aromatic heterocycles. The van der Waals surface area contributed by atoms with E-state index in [9.17, 15) is 5.11 Å². The normalized spacial score (nSPS) is 14.9. The number of aryl methyl sites for hydroxylation is 2. The van der Waals surface area contributed by atoms with Gasteiger partial charge in [0.2, 0.25) is 0 Å². The average molecular weight is 475 g/mol. The Morgan fingerprint density at radius 2 is 1.53 bits per heavy atom. The van der Waals surface area contributed by atoms with E-state index in [0.29, 0.717) is 19.1 Å². The molecule has 178 valence electrons. The maximum atomic E-state index is 11.1. The molecule has 0 saturated heterocycles. The lowest BCUT2D eigenvalue weighted by Gasteiger charge is -2.20. The Morgan fingerprint density at radius 3 is 2.18 bits per heavy atom. The fourth-order valence-electron chi connectivity index (χ4n) is 5.57. The minimum absolute atomic E-state index is 0. The molecule has 1 aliphatic rings. The second-order valence-electron chi connectivity index (χ2n) is 9.59. The largest absolute Gasteiger partial charge is 0.390 e. The number of nitrogens with zero attached hydrogens (tertiary/aromatic N) is 1. The van der Waals surface area contributed by atoms with Crippen molar-refractivity contribution in [3.63, 3.8) is 0 Å². The molecule has 2 N–H and O–H groups in total. The zero-order chi connectivity index (χ0) is 22.8. The number of fused-ring (bicyclic) bond motifs is 1. The summed E-state index contributed by atoms with van der Waals surface area (Å²) in [5.41, 5.74) is 8.56. The van der Waals surface area contributed by atoms with Crippen LogP contribution in [0.4, 0.5) is 0 Å². The number of aliphatic hydroxyl groups excluding tert-OH is 1. The van der Waals surface area contributed by atoms with Crippen molar-refractivity contribution in [3.05, 3.63) is 83.9 Å². The van der Waals surface area contributed by atoms with E-state index in [1.54, 1.807) is 0 Å². The van der Waals surface area contributed by atoms with E-state index in [4.69, 9.17) is 0 Å². The molecule has 0 radical (unpaired) electrons. The van der Waals surface area contributed by atoms with Crippen LogP contribution in [0.25, 0.3) is 33.3 Å². The summed E-state index contributed by atoms with van der Waals surface area (Å²) in [6, 6.07) is 26.4. The average Bonchev–Trinajstić information content (AvgIpc) is 3.45. The van der Waals surface area contributed by atoms with Crippen LogP contribution in [-0.2, 0) is 6.54 Å². The maximum Gasteiger partial charge on any atom is 0.0843 e. The Kier molecular flexibility index (Phi) is 7.77. The van der Waals surface area contributed by atoms with Crippen LogP contribution in [0.2, 0.25) is 0 Å². The Hall–Kier alpha value is -2.59. The Balaban J connectivity index is 0.00000274. The molecule has 5 rings (SSSR count). The van der Waals surface area contributed by atoms with Crippen molar-refractivity contribution in [2.75, 3.05) is 6.54 Å². The number of halogens is 1. The van der Waals surface area contributed by atoms with Crippen molar-refractivity contribution in [1.29, 1.82) is 0 Å². The Labute approximate surface area is 209 Å². The number of benzene rings is 3. The molecular formula is C30H35ClN2O. The molecule has 0 amide bonds. The van der Waals surface area contributed by atoms with Gasteiger partial charge in [-0.15, -0.1) is 12.4 Å². The number of hydrogen-bond acceptors (Lipinski definition) is 2. The topological polar surface area (TPSA) is 37.2 Å². The third-order valence-corrected chi connectivity index (χ3v) is 6.99. The van der Waals surface area contributed by atoms with E-state index in [2.05, 4.69) is 96.5 Å². The van der Waals surface area contributed by atoms with Gasteiger partial charge in [0.05, 0.1) is 23.9 Å². The molecule has 4 heteroatoms. The first-order valence-corrected chi connectivity index (χ1v) is 12.3. The fourth-order valence-corrected chi connectivity index (χ4v) is 5.57. The van der Waals surface area contributed by atoms with Gasteiger partial charge in [0.1, 0.15) is 0 Å². The van der Waals surface area contributed by atoms with E-state index in [1.165, 1.54) is 70.1 Å². The zero-order valence-electron chi connectivity index (χ0n) is 20.1. The van der Waals surface area contributed by atoms with Crippen LogP contribution in [0.15, 0.2) is 72.8 Å². The van der Waals surface area contributed by atoms with Gasteiger partial charge in [-0.2, -0.15) is 0 Å². The minimum atomic E-state index is -0.451. The fraction of sp³-hybridized carbons (Fsp3) is 0.333. The third-order valence-electron chi connectivity index (χ3n) is 6.99. The van der Waals surface area contributed by atoms with Crippen LogP contribution in [-0.4, -0.2) is 28.4 Å². The molecule has 1 unspecified atom stereocenters. The summed E-state index contributed by atoms with van der Waals surface area (Å²) >= 11 is 0. The lowest BCUT2D eigenvalue weighted by molar-refractivity contribution is 0.149. The highest BCUT2D eigenvalue weighted by molar-refractivity contribution is 6.06. The van der Waals surface area contributed by atoms with Crippen LogP contribution < -0.4 is 5.32 Å². The maximum absolute atomic E-state index is 11.1. The van der Waals surface area contributed by atoms with E-state index in [-0.39, 0.29) is 12.4 Å². The van der Waals surface area contributed by atoms with Gasteiger partial charge in [0, 0.05) is 23.5 Å². The highest BCUT2D eigenvalue weighted by atomic mass is 35.5. The quantitative estimate of drug-likeness (QED) is 0.305. The third kappa shape index (κ3) is 4.93. The molecule has 1 fully saturated rings. The molecule has 0 aliphatic heterocycles. The molecule has 0 spiro atoms. The Morgan fingerprint density at radius 1 is 0.912 bits per heavy atom. The molecule has 4 aromatic rings. The van der Waals surface area contributed by atoms with Crippen molar-refractivity contribution in [2.45, 2.75) is 58.2 Å². The van der Waals surface area contributed by atoms with Gasteiger partial charge >= 0.3 is 0 Å². The van der Waals surface area contributed by atoms with Crippen LogP contribution in [0, 0.1) is 13.8 Å². The lowest BCUT2D eigenvalue weighted by Crippen LogP contribution is -2.36. The van der Waals surface area contributed by atoms with Crippen molar-refractivity contribution in [3.8, 4) is 22.4 Å². The number of rotatable bonds is 7. The zero-order valence-corrected chi connectivity index (χ0v) is 20.9. The van der Waals surface area contributed by atoms with E-state index in [0.717, 1.165) is 0 Å². The summed E-state index contributed by atoms with van der Waals surface area (Å²) in [6.45, 7) is 5.56. The van der Waals surface area contributed by atoms with E-state index < -0.39 is 6.10 Å². The SMILES string of the molecule is Cc1cc(C)c2c(c1)c(-c1ccccc1)c(-c1ccccc1)n2CC(O)CNC1CCCC1.Cl. The molecule has 0 bridgehead atoms. The highest BCUT2D eigenvalue weighted by Gasteiger charge is 2.23. The highest BCUT2D eigenvalue weighted by Crippen LogP contribution is 2.42. The van der Waals surface area contributed by atoms with Crippen molar-refractivity contribution in [1.82, 2.24) is 9.88 Å². The number of nitrogens with one attached hydrogen (secondary N) is 1. The van der Waals surface area contributed by atoms with Crippen molar-refractivity contribution in [2.24, 2.45) is 0 Å². The standard InChI is InChI=1S/C30H34N2O.ClH/c1-21-17-22(2)29-27(18-21)28(23-11-5-3-6-12-23)30(24-13-7-4-8-14-24)32(29)20-26(33)19-31-25-15-9-10-16-25;/h3-8,11-14,17-18,25-26,31,33H,9-10,15-16,19-20H2,1-2H3;1H. The number of aromatic nitrogens is 1. The summed E-state index contributed by atoms with van der Waals surface area (Å²) in [7, 11) is 0. The summed E-state index contributed by atoms with van der Waals surface area (Å²) in [4.78, 5) is 0. The predicted molar refractivity (Wildman–Crippen MR) is 146 cm³/mol.